The van der Waals surface area contributed by atoms with Crippen LogP contribution in [0.1, 0.15) is 68.8 Å². The molecule has 0 radical (unpaired) electrons. The minimum Gasteiger partial charge on any atom is -0.507 e. The van der Waals surface area contributed by atoms with Gasteiger partial charge in [-0.2, -0.15) is 0 Å². The molecule has 1 fully saturated rings. The van der Waals surface area contributed by atoms with E-state index in [1.165, 1.54) is 5.56 Å². The van der Waals surface area contributed by atoms with Crippen molar-refractivity contribution in [2.75, 3.05) is 32.8 Å². The zero-order valence-corrected chi connectivity index (χ0v) is 22.3. The molecular formula is C30H40N2O4. The third-order valence-electron chi connectivity index (χ3n) is 7.00. The molecule has 0 unspecified atom stereocenters. The lowest BCUT2D eigenvalue weighted by atomic mass is 9.94. The second-order valence-electron chi connectivity index (χ2n) is 9.30. The van der Waals surface area contributed by atoms with Crippen LogP contribution in [0.4, 0.5) is 0 Å². The number of aliphatic hydroxyl groups excluding tert-OH is 1. The average molecular weight is 493 g/mol. The summed E-state index contributed by atoms with van der Waals surface area (Å²) in [4.78, 5) is 30.3. The topological polar surface area (TPSA) is 70.1 Å². The Balaban J connectivity index is 2.04. The normalized spacial score (nSPS) is 17.3. The zero-order chi connectivity index (χ0) is 26.2. The van der Waals surface area contributed by atoms with Crippen molar-refractivity contribution in [2.45, 2.75) is 59.9 Å². The van der Waals surface area contributed by atoms with Crippen LogP contribution in [-0.4, -0.2) is 59.4 Å². The fourth-order valence-corrected chi connectivity index (χ4v) is 4.62. The summed E-state index contributed by atoms with van der Waals surface area (Å²) < 4.78 is 5.85. The largest absolute Gasteiger partial charge is 0.507 e. The molecule has 1 aliphatic rings. The molecule has 0 aromatic heterocycles. The SMILES string of the molecule is CCCCOc1ccc(C(O)=C2C(=O)C(=O)N(CCN(CC)CC)[C@@H]2c2ccc(CC)cc2)cc1C. The second-order valence-corrected chi connectivity index (χ2v) is 9.30. The third-order valence-corrected chi connectivity index (χ3v) is 7.00. The number of amides is 1. The van der Waals surface area contributed by atoms with E-state index in [0.29, 0.717) is 25.3 Å². The number of likely N-dealkylation sites (N-methyl/N-ethyl adjacent to an activating group) is 1. The van der Waals surface area contributed by atoms with Gasteiger partial charge in [0.1, 0.15) is 11.5 Å². The summed E-state index contributed by atoms with van der Waals surface area (Å²) in [5.41, 5.74) is 3.52. The monoisotopic (exact) mass is 492 g/mol. The van der Waals surface area contributed by atoms with Crippen LogP contribution in [-0.2, 0) is 16.0 Å². The first kappa shape index (κ1) is 27.5. The Morgan fingerprint density at radius 2 is 1.72 bits per heavy atom. The van der Waals surface area contributed by atoms with Crippen molar-refractivity contribution in [2.24, 2.45) is 0 Å². The Labute approximate surface area is 215 Å². The van der Waals surface area contributed by atoms with Crippen LogP contribution in [0.3, 0.4) is 0 Å². The number of hydrogen-bond donors (Lipinski definition) is 1. The molecule has 1 heterocycles. The van der Waals surface area contributed by atoms with Gasteiger partial charge in [0.2, 0.25) is 0 Å². The summed E-state index contributed by atoms with van der Waals surface area (Å²) in [6.45, 7) is 13.7. The molecule has 0 aliphatic carbocycles. The second kappa shape index (κ2) is 12.7. The number of nitrogens with zero attached hydrogens (tertiary/aromatic N) is 2. The molecular weight excluding hydrogens is 452 g/mol. The molecule has 2 aromatic rings. The molecule has 6 heteroatoms. The molecule has 1 saturated heterocycles. The summed E-state index contributed by atoms with van der Waals surface area (Å²) in [5, 5.41) is 11.4. The number of carbonyl (C=O) groups excluding carboxylic acids is 2. The van der Waals surface area contributed by atoms with Gasteiger partial charge in [-0.15, -0.1) is 0 Å². The maximum atomic E-state index is 13.3. The Morgan fingerprint density at radius 3 is 2.31 bits per heavy atom. The van der Waals surface area contributed by atoms with Gasteiger partial charge in [-0.1, -0.05) is 58.4 Å². The Hall–Kier alpha value is -3.12. The molecule has 1 aliphatic heterocycles. The van der Waals surface area contributed by atoms with Crippen molar-refractivity contribution in [3.05, 3.63) is 70.3 Å². The Morgan fingerprint density at radius 1 is 1.03 bits per heavy atom. The minimum absolute atomic E-state index is 0.142. The third kappa shape index (κ3) is 5.98. The highest BCUT2D eigenvalue weighted by molar-refractivity contribution is 6.46. The molecule has 2 aromatic carbocycles. The maximum Gasteiger partial charge on any atom is 0.295 e. The van der Waals surface area contributed by atoms with E-state index in [-0.39, 0.29) is 11.3 Å². The number of unbranched alkanes of at least 4 members (excludes halogenated alkanes) is 1. The standard InChI is InChI=1S/C30H40N2O4/c1-6-10-19-36-25-16-15-24(20-21(25)5)28(33)26-27(23-13-11-22(7-2)12-14-23)32(30(35)29(26)34)18-17-31(8-3)9-4/h11-16,20,27,33H,6-10,17-19H2,1-5H3/t27-/m1/s1. The van der Waals surface area contributed by atoms with E-state index in [9.17, 15) is 14.7 Å². The molecule has 0 bridgehead atoms. The fourth-order valence-electron chi connectivity index (χ4n) is 4.62. The average Bonchev–Trinajstić information content (AvgIpc) is 3.15. The van der Waals surface area contributed by atoms with E-state index in [1.54, 1.807) is 11.0 Å². The van der Waals surface area contributed by atoms with Crippen molar-refractivity contribution in [1.29, 1.82) is 0 Å². The number of ether oxygens (including phenoxy) is 1. The van der Waals surface area contributed by atoms with Gasteiger partial charge in [-0.25, -0.2) is 0 Å². The first-order valence-corrected chi connectivity index (χ1v) is 13.2. The molecule has 36 heavy (non-hydrogen) atoms. The number of aryl methyl sites for hydroxylation is 2. The summed E-state index contributed by atoms with van der Waals surface area (Å²) >= 11 is 0. The number of aliphatic hydroxyl groups is 1. The van der Waals surface area contributed by atoms with E-state index in [1.807, 2.05) is 43.3 Å². The van der Waals surface area contributed by atoms with E-state index in [0.717, 1.165) is 49.2 Å². The van der Waals surface area contributed by atoms with Gasteiger partial charge in [-0.3, -0.25) is 9.59 Å². The van der Waals surface area contributed by atoms with Gasteiger partial charge < -0.3 is 19.6 Å². The quantitative estimate of drug-likeness (QED) is 0.183. The lowest BCUT2D eigenvalue weighted by molar-refractivity contribution is -0.140. The zero-order valence-electron chi connectivity index (χ0n) is 22.3. The van der Waals surface area contributed by atoms with Gasteiger partial charge >= 0.3 is 0 Å². The van der Waals surface area contributed by atoms with Gasteiger partial charge in [0, 0.05) is 18.7 Å². The van der Waals surface area contributed by atoms with Crippen LogP contribution >= 0.6 is 0 Å². The van der Waals surface area contributed by atoms with E-state index >= 15 is 0 Å². The van der Waals surface area contributed by atoms with Crippen molar-refractivity contribution in [1.82, 2.24) is 9.80 Å². The fraction of sp³-hybridized carbons (Fsp3) is 0.467. The summed E-state index contributed by atoms with van der Waals surface area (Å²) in [5.74, 6) is -0.597. The smallest absolute Gasteiger partial charge is 0.295 e. The number of Topliss-reactive ketones (excluding diaryl/α,β-unsaturated/α-hetero) is 1. The van der Waals surface area contributed by atoms with Crippen molar-refractivity contribution in [3.63, 3.8) is 0 Å². The molecule has 0 spiro atoms. The Kier molecular flexibility index (Phi) is 9.71. The molecule has 194 valence electrons. The van der Waals surface area contributed by atoms with E-state index in [4.69, 9.17) is 4.74 Å². The number of rotatable bonds is 12. The number of hydrogen-bond acceptors (Lipinski definition) is 5. The molecule has 1 N–H and O–H groups in total. The Bertz CT molecular complexity index is 1090. The summed E-state index contributed by atoms with van der Waals surface area (Å²) in [7, 11) is 0. The highest BCUT2D eigenvalue weighted by Gasteiger charge is 2.46. The van der Waals surface area contributed by atoms with Gasteiger partial charge in [-0.05, 0) is 67.7 Å². The van der Waals surface area contributed by atoms with Crippen LogP contribution in [0.2, 0.25) is 0 Å². The predicted octanol–water partition coefficient (Wildman–Crippen LogP) is 5.50. The minimum atomic E-state index is -0.641. The lowest BCUT2D eigenvalue weighted by Crippen LogP contribution is -2.38. The number of ketones is 1. The molecule has 1 amide bonds. The lowest BCUT2D eigenvalue weighted by Gasteiger charge is -2.28. The highest BCUT2D eigenvalue weighted by Crippen LogP contribution is 2.39. The van der Waals surface area contributed by atoms with Crippen LogP contribution in [0, 0.1) is 6.92 Å². The van der Waals surface area contributed by atoms with Crippen LogP contribution in [0.15, 0.2) is 48.0 Å². The molecule has 0 saturated carbocycles. The molecule has 3 rings (SSSR count). The molecule has 6 nitrogen and oxygen atoms in total. The van der Waals surface area contributed by atoms with E-state index < -0.39 is 17.7 Å². The van der Waals surface area contributed by atoms with Crippen molar-refractivity contribution < 1.29 is 19.4 Å². The first-order valence-electron chi connectivity index (χ1n) is 13.2. The first-order chi connectivity index (χ1) is 17.4. The summed E-state index contributed by atoms with van der Waals surface area (Å²) in [6, 6.07) is 12.7. The molecule has 1 atom stereocenters. The highest BCUT2D eigenvalue weighted by atomic mass is 16.5. The predicted molar refractivity (Wildman–Crippen MR) is 144 cm³/mol. The number of benzene rings is 2. The van der Waals surface area contributed by atoms with Crippen molar-refractivity contribution in [3.8, 4) is 5.75 Å². The maximum absolute atomic E-state index is 13.3. The van der Waals surface area contributed by atoms with Crippen LogP contribution in [0.5, 0.6) is 5.75 Å². The number of carbonyl (C=O) groups is 2. The van der Waals surface area contributed by atoms with Crippen LogP contribution < -0.4 is 4.74 Å². The van der Waals surface area contributed by atoms with E-state index in [2.05, 4.69) is 32.6 Å². The summed E-state index contributed by atoms with van der Waals surface area (Å²) in [6.07, 6.45) is 2.91. The van der Waals surface area contributed by atoms with Gasteiger partial charge in [0.15, 0.2) is 0 Å². The van der Waals surface area contributed by atoms with Crippen molar-refractivity contribution >= 4 is 17.4 Å². The number of likely N-dealkylation sites (tertiary alicyclic amines) is 1. The van der Waals surface area contributed by atoms with Crippen LogP contribution in [0.25, 0.3) is 5.76 Å². The van der Waals surface area contributed by atoms with Gasteiger partial charge in [0.05, 0.1) is 18.2 Å². The van der Waals surface area contributed by atoms with Gasteiger partial charge in [0.25, 0.3) is 11.7 Å².